The van der Waals surface area contributed by atoms with Crippen LogP contribution in [0.4, 0.5) is 0 Å². The summed E-state index contributed by atoms with van der Waals surface area (Å²) in [6, 6.07) is 75.9. The van der Waals surface area contributed by atoms with Crippen LogP contribution in [0.2, 0.25) is 0 Å². The van der Waals surface area contributed by atoms with Gasteiger partial charge in [0.25, 0.3) is 0 Å². The Kier molecular flexibility index (Phi) is 6.66. The molecule has 0 fully saturated rings. The number of fused-ring (bicyclic) bond motifs is 9. The predicted molar refractivity (Wildman–Crippen MR) is 239 cm³/mol. The minimum absolute atomic E-state index is 1.17. The zero-order chi connectivity index (χ0) is 36.7. The first-order valence-electron chi connectivity index (χ1n) is 19.4. The Labute approximate surface area is 323 Å². The molecular formula is C54H34N2. The smallest absolute Gasteiger partial charge is 0.0804 e. The van der Waals surface area contributed by atoms with Crippen LogP contribution in [-0.4, -0.2) is 9.13 Å². The lowest BCUT2D eigenvalue weighted by atomic mass is 9.97. The van der Waals surface area contributed by atoms with E-state index in [4.69, 9.17) is 0 Å². The fourth-order valence-electron chi connectivity index (χ4n) is 9.38. The number of hydrogen-bond acceptors (Lipinski definition) is 0. The van der Waals surface area contributed by atoms with E-state index in [0.29, 0.717) is 0 Å². The summed E-state index contributed by atoms with van der Waals surface area (Å²) in [7, 11) is 0. The molecule has 0 unspecified atom stereocenters. The number of benzene rings is 10. The second-order valence-corrected chi connectivity index (χ2v) is 14.9. The first-order chi connectivity index (χ1) is 27.8. The van der Waals surface area contributed by atoms with Crippen LogP contribution in [-0.2, 0) is 0 Å². The van der Waals surface area contributed by atoms with Crippen molar-refractivity contribution in [2.24, 2.45) is 0 Å². The van der Waals surface area contributed by atoms with Crippen molar-refractivity contribution < 1.29 is 0 Å². The molecule has 56 heavy (non-hydrogen) atoms. The zero-order valence-corrected chi connectivity index (χ0v) is 30.5. The molecule has 2 nitrogen and oxygen atoms in total. The SMILES string of the molecule is c1ccc2c(-c3ccc4c(c3)n(-c3cccc5ccccc35)c3c5ccc(-c6cccc7ccccc67)cc5n(-c5cccc6ccccc56)c43)cccc2c1. The van der Waals surface area contributed by atoms with E-state index in [0.717, 1.165) is 0 Å². The van der Waals surface area contributed by atoms with E-state index in [9.17, 15) is 0 Å². The zero-order valence-electron chi connectivity index (χ0n) is 30.5. The fourth-order valence-corrected chi connectivity index (χ4v) is 9.38. The molecule has 12 rings (SSSR count). The summed E-state index contributed by atoms with van der Waals surface area (Å²) in [6.07, 6.45) is 0. The molecule has 0 bridgehead atoms. The Morgan fingerprint density at radius 2 is 0.589 bits per heavy atom. The van der Waals surface area contributed by atoms with Crippen LogP contribution in [0.25, 0.3) is 110 Å². The fraction of sp³-hybridized carbons (Fsp3) is 0. The minimum atomic E-state index is 1.17. The van der Waals surface area contributed by atoms with E-state index in [-0.39, 0.29) is 0 Å². The van der Waals surface area contributed by atoms with Gasteiger partial charge < -0.3 is 9.13 Å². The molecule has 0 aliphatic carbocycles. The highest BCUT2D eigenvalue weighted by Crippen LogP contribution is 2.45. The van der Waals surface area contributed by atoms with Crippen LogP contribution >= 0.6 is 0 Å². The second-order valence-electron chi connectivity index (χ2n) is 14.9. The van der Waals surface area contributed by atoms with Crippen LogP contribution < -0.4 is 0 Å². The molecule has 0 N–H and O–H groups in total. The number of aromatic nitrogens is 2. The van der Waals surface area contributed by atoms with E-state index in [2.05, 4.69) is 215 Å². The summed E-state index contributed by atoms with van der Waals surface area (Å²) in [5, 5.41) is 12.3. The van der Waals surface area contributed by atoms with Gasteiger partial charge in [-0.1, -0.05) is 182 Å². The number of hydrogen-bond donors (Lipinski definition) is 0. The van der Waals surface area contributed by atoms with Gasteiger partial charge in [-0.2, -0.15) is 0 Å². The van der Waals surface area contributed by atoms with Gasteiger partial charge in [-0.15, -0.1) is 0 Å². The van der Waals surface area contributed by atoms with E-state index in [1.807, 2.05) is 0 Å². The summed E-state index contributed by atoms with van der Waals surface area (Å²) >= 11 is 0. The third kappa shape index (κ3) is 4.50. The van der Waals surface area contributed by atoms with Gasteiger partial charge in [0, 0.05) is 21.5 Å². The van der Waals surface area contributed by atoms with E-state index >= 15 is 0 Å². The molecule has 2 aromatic heterocycles. The van der Waals surface area contributed by atoms with Crippen molar-refractivity contribution in [3.05, 3.63) is 206 Å². The standard InChI is InChI=1S/C54H34N2/c1-5-21-41-35(13-1)17-9-25-43(41)39-29-31-47-51(33-39)55(49-27-11-19-37-15-3-7-23-45(37)49)54-48-32-30-40(44-26-10-18-36-14-2-6-22-42(36)44)34-52(48)56(53(47)54)50-28-12-20-38-16-4-8-24-46(38)50/h1-34H. The molecule has 2 heterocycles. The van der Waals surface area contributed by atoms with Crippen molar-refractivity contribution in [3.63, 3.8) is 0 Å². The van der Waals surface area contributed by atoms with Crippen molar-refractivity contribution in [3.8, 4) is 33.6 Å². The van der Waals surface area contributed by atoms with Crippen molar-refractivity contribution >= 4 is 75.9 Å². The van der Waals surface area contributed by atoms with Crippen LogP contribution in [0.15, 0.2) is 206 Å². The average molecular weight is 711 g/mol. The molecule has 10 aromatic carbocycles. The lowest BCUT2D eigenvalue weighted by molar-refractivity contribution is 1.19. The molecule has 0 radical (unpaired) electrons. The normalized spacial score (nSPS) is 11.9. The van der Waals surface area contributed by atoms with Crippen molar-refractivity contribution in [1.82, 2.24) is 9.13 Å². The summed E-state index contributed by atoms with van der Waals surface area (Å²) in [5.74, 6) is 0. The summed E-state index contributed by atoms with van der Waals surface area (Å²) in [6.45, 7) is 0. The Hall–Kier alpha value is -7.42. The van der Waals surface area contributed by atoms with E-state index < -0.39 is 0 Å². The van der Waals surface area contributed by atoms with Crippen LogP contribution in [0.1, 0.15) is 0 Å². The summed E-state index contributed by atoms with van der Waals surface area (Å²) in [4.78, 5) is 0. The molecule has 260 valence electrons. The Morgan fingerprint density at radius 3 is 1.02 bits per heavy atom. The molecule has 0 atom stereocenters. The Balaban J connectivity index is 1.27. The number of nitrogens with zero attached hydrogens (tertiary/aromatic N) is 2. The second kappa shape index (κ2) is 12.0. The lowest BCUT2D eigenvalue weighted by Crippen LogP contribution is -1.96. The highest BCUT2D eigenvalue weighted by molar-refractivity contribution is 6.22. The third-order valence-corrected chi connectivity index (χ3v) is 11.9. The first kappa shape index (κ1) is 31.0. The topological polar surface area (TPSA) is 9.86 Å². The molecule has 0 saturated carbocycles. The Bertz CT molecular complexity index is 3290. The maximum Gasteiger partial charge on any atom is 0.0804 e. The van der Waals surface area contributed by atoms with Crippen molar-refractivity contribution in [2.45, 2.75) is 0 Å². The molecule has 2 heteroatoms. The number of rotatable bonds is 4. The predicted octanol–water partition coefficient (Wildman–Crippen LogP) is 14.7. The van der Waals surface area contributed by atoms with Crippen LogP contribution in [0, 0.1) is 0 Å². The molecule has 0 saturated heterocycles. The summed E-state index contributed by atoms with van der Waals surface area (Å²) in [5.41, 5.74) is 12.0. The van der Waals surface area contributed by atoms with Gasteiger partial charge in [-0.25, -0.2) is 0 Å². The Morgan fingerprint density at radius 1 is 0.250 bits per heavy atom. The molecular weight excluding hydrogens is 677 g/mol. The molecule has 0 aliphatic rings. The monoisotopic (exact) mass is 710 g/mol. The molecule has 12 aromatic rings. The van der Waals surface area contributed by atoms with Crippen molar-refractivity contribution in [1.29, 1.82) is 0 Å². The average Bonchev–Trinajstić information content (AvgIpc) is 3.77. The van der Waals surface area contributed by atoms with Gasteiger partial charge in [0.15, 0.2) is 0 Å². The van der Waals surface area contributed by atoms with Gasteiger partial charge in [0.1, 0.15) is 0 Å². The molecule has 0 amide bonds. The quantitative estimate of drug-likeness (QED) is 0.172. The minimum Gasteiger partial charge on any atom is -0.306 e. The molecule has 0 spiro atoms. The summed E-state index contributed by atoms with van der Waals surface area (Å²) < 4.78 is 5.09. The van der Waals surface area contributed by atoms with Crippen molar-refractivity contribution in [2.75, 3.05) is 0 Å². The van der Waals surface area contributed by atoms with Gasteiger partial charge in [-0.05, 0) is 78.8 Å². The maximum atomic E-state index is 2.54. The maximum absolute atomic E-state index is 2.54. The van der Waals surface area contributed by atoms with E-state index in [1.165, 1.54) is 110 Å². The van der Waals surface area contributed by atoms with Gasteiger partial charge in [0.05, 0.1) is 33.4 Å². The highest BCUT2D eigenvalue weighted by atomic mass is 15.1. The highest BCUT2D eigenvalue weighted by Gasteiger charge is 2.25. The molecule has 0 aliphatic heterocycles. The van der Waals surface area contributed by atoms with Crippen LogP contribution in [0.3, 0.4) is 0 Å². The van der Waals surface area contributed by atoms with Gasteiger partial charge in [-0.3, -0.25) is 0 Å². The van der Waals surface area contributed by atoms with Gasteiger partial charge in [0.2, 0.25) is 0 Å². The van der Waals surface area contributed by atoms with Crippen LogP contribution in [0.5, 0.6) is 0 Å². The lowest BCUT2D eigenvalue weighted by Gasteiger charge is -2.14. The third-order valence-electron chi connectivity index (χ3n) is 11.9. The van der Waals surface area contributed by atoms with E-state index in [1.54, 1.807) is 0 Å². The largest absolute Gasteiger partial charge is 0.306 e. The first-order valence-corrected chi connectivity index (χ1v) is 19.4. The van der Waals surface area contributed by atoms with Gasteiger partial charge >= 0.3 is 0 Å².